The topological polar surface area (TPSA) is 117 Å². The number of nitrogens with one attached hydrogen (secondary N) is 2. The quantitative estimate of drug-likeness (QED) is 0.255. The van der Waals surface area contributed by atoms with Crippen molar-refractivity contribution in [2.24, 2.45) is 11.8 Å². The zero-order chi connectivity index (χ0) is 31.1. The van der Waals surface area contributed by atoms with Gasteiger partial charge in [-0.15, -0.1) is 0 Å². The fourth-order valence-electron chi connectivity index (χ4n) is 5.98. The first-order valence-corrected chi connectivity index (χ1v) is 15.3. The lowest BCUT2D eigenvalue weighted by Gasteiger charge is -2.43. The summed E-state index contributed by atoms with van der Waals surface area (Å²) in [7, 11) is 0. The number of piperidine rings is 3. The molecule has 3 aliphatic rings. The summed E-state index contributed by atoms with van der Waals surface area (Å²) in [6.07, 6.45) is 1.98. The largest absolute Gasteiger partial charge is 0.489 e. The summed E-state index contributed by atoms with van der Waals surface area (Å²) in [4.78, 5) is 39.6. The number of carbonyl (C=O) groups is 3. The number of benzene rings is 3. The number of hydrogen-bond acceptors (Lipinski definition) is 6. The molecule has 2 unspecified atom stereocenters. The number of carboxylic acids is 1. The lowest BCUT2D eigenvalue weighted by molar-refractivity contribution is -0.139. The molecule has 2 bridgehead atoms. The van der Waals surface area contributed by atoms with Gasteiger partial charge < -0.3 is 25.2 Å². The van der Waals surface area contributed by atoms with Gasteiger partial charge in [0.15, 0.2) is 0 Å². The molecule has 44 heavy (non-hydrogen) atoms. The molecule has 3 fully saturated rings. The highest BCUT2D eigenvalue weighted by atomic mass is 16.6. The SMILES string of the molecule is CC(C)CC(NC(=O)c1ccc(COc2cccc([C@@H](NC(=O)OC3CN4CCC3CC4)c3ccccc3)c2)cc1)C(=O)O. The van der Waals surface area contributed by atoms with Crippen molar-refractivity contribution in [1.29, 1.82) is 0 Å². The fraction of sp³-hybridized carbons (Fsp3) is 0.400. The molecule has 0 spiro atoms. The maximum Gasteiger partial charge on any atom is 0.408 e. The maximum atomic E-state index is 13.1. The van der Waals surface area contributed by atoms with Crippen LogP contribution >= 0.6 is 0 Å². The molecule has 3 heterocycles. The molecule has 3 saturated heterocycles. The van der Waals surface area contributed by atoms with Crippen LogP contribution in [0.5, 0.6) is 5.75 Å². The Kier molecular flexibility index (Phi) is 10.2. The third kappa shape index (κ3) is 8.17. The first kappa shape index (κ1) is 31.1. The van der Waals surface area contributed by atoms with Crippen molar-refractivity contribution >= 4 is 18.0 Å². The van der Waals surface area contributed by atoms with Gasteiger partial charge in [0.25, 0.3) is 5.91 Å². The number of amides is 2. The van der Waals surface area contributed by atoms with Crippen molar-refractivity contribution in [3.63, 3.8) is 0 Å². The van der Waals surface area contributed by atoms with E-state index in [-0.39, 0.29) is 18.6 Å². The van der Waals surface area contributed by atoms with Crippen LogP contribution in [0.25, 0.3) is 0 Å². The summed E-state index contributed by atoms with van der Waals surface area (Å²) >= 11 is 0. The molecular formula is C35H41N3O6. The molecule has 3 aromatic carbocycles. The second kappa shape index (κ2) is 14.4. The van der Waals surface area contributed by atoms with Gasteiger partial charge in [-0.05, 0) is 85.1 Å². The number of alkyl carbamates (subject to hydrolysis) is 1. The van der Waals surface area contributed by atoms with E-state index in [0.717, 1.165) is 49.2 Å². The van der Waals surface area contributed by atoms with Crippen LogP contribution in [0, 0.1) is 11.8 Å². The Labute approximate surface area is 258 Å². The third-order valence-corrected chi connectivity index (χ3v) is 8.37. The second-order valence-electron chi connectivity index (χ2n) is 12.1. The van der Waals surface area contributed by atoms with Gasteiger partial charge in [-0.1, -0.05) is 68.4 Å². The molecule has 6 rings (SSSR count). The summed E-state index contributed by atoms with van der Waals surface area (Å²) in [5.74, 6) is -0.278. The van der Waals surface area contributed by atoms with Crippen LogP contribution in [0.4, 0.5) is 4.79 Å². The highest BCUT2D eigenvalue weighted by molar-refractivity contribution is 5.96. The number of nitrogens with zero attached hydrogens (tertiary/aromatic N) is 1. The minimum atomic E-state index is -1.05. The summed E-state index contributed by atoms with van der Waals surface area (Å²) < 4.78 is 12.0. The number of ether oxygens (including phenoxy) is 2. The zero-order valence-electron chi connectivity index (χ0n) is 25.3. The summed E-state index contributed by atoms with van der Waals surface area (Å²) in [5, 5.41) is 15.1. The second-order valence-corrected chi connectivity index (χ2v) is 12.1. The van der Waals surface area contributed by atoms with Crippen molar-refractivity contribution < 1.29 is 29.0 Å². The average molecular weight is 600 g/mol. The molecule has 0 saturated carbocycles. The molecule has 2 amide bonds. The van der Waals surface area contributed by atoms with E-state index in [1.54, 1.807) is 24.3 Å². The van der Waals surface area contributed by atoms with Gasteiger partial charge in [0.1, 0.15) is 24.5 Å². The van der Waals surface area contributed by atoms with Crippen LogP contribution in [-0.4, -0.2) is 59.8 Å². The number of rotatable bonds is 12. The zero-order valence-corrected chi connectivity index (χ0v) is 25.3. The summed E-state index contributed by atoms with van der Waals surface area (Å²) in [5.41, 5.74) is 3.03. The van der Waals surface area contributed by atoms with Crippen LogP contribution in [0.1, 0.15) is 66.2 Å². The molecule has 0 aliphatic carbocycles. The van der Waals surface area contributed by atoms with Gasteiger partial charge in [0.05, 0.1) is 6.04 Å². The van der Waals surface area contributed by atoms with E-state index in [4.69, 9.17) is 9.47 Å². The lowest BCUT2D eigenvalue weighted by Crippen LogP contribution is -2.52. The maximum absolute atomic E-state index is 13.1. The summed E-state index contributed by atoms with van der Waals surface area (Å²) in [6, 6.07) is 22.9. The Hall–Kier alpha value is -4.37. The minimum Gasteiger partial charge on any atom is -0.489 e. The Bertz CT molecular complexity index is 1420. The van der Waals surface area contributed by atoms with Crippen molar-refractivity contribution in [3.05, 3.63) is 101 Å². The van der Waals surface area contributed by atoms with Crippen LogP contribution < -0.4 is 15.4 Å². The van der Waals surface area contributed by atoms with E-state index < -0.39 is 30.1 Å². The van der Waals surface area contributed by atoms with Crippen molar-refractivity contribution in [2.45, 2.75) is 57.9 Å². The Morgan fingerprint density at radius 2 is 1.61 bits per heavy atom. The van der Waals surface area contributed by atoms with Crippen molar-refractivity contribution in [1.82, 2.24) is 15.5 Å². The Morgan fingerprint density at radius 1 is 0.909 bits per heavy atom. The Morgan fingerprint density at radius 3 is 2.25 bits per heavy atom. The van der Waals surface area contributed by atoms with Gasteiger partial charge in [-0.25, -0.2) is 9.59 Å². The molecule has 0 aromatic heterocycles. The minimum absolute atomic E-state index is 0.0836. The number of aliphatic carboxylic acids is 1. The molecule has 0 radical (unpaired) electrons. The predicted octanol–water partition coefficient (Wildman–Crippen LogP) is 5.40. The van der Waals surface area contributed by atoms with Gasteiger partial charge in [0.2, 0.25) is 0 Å². The number of hydrogen-bond donors (Lipinski definition) is 3. The van der Waals surface area contributed by atoms with Crippen LogP contribution in [0.2, 0.25) is 0 Å². The van der Waals surface area contributed by atoms with E-state index in [1.807, 2.05) is 68.4 Å². The number of fused-ring (bicyclic) bond motifs is 3. The van der Waals surface area contributed by atoms with Crippen LogP contribution in [0.15, 0.2) is 78.9 Å². The van der Waals surface area contributed by atoms with Crippen molar-refractivity contribution in [3.8, 4) is 5.75 Å². The van der Waals surface area contributed by atoms with E-state index in [2.05, 4.69) is 15.5 Å². The van der Waals surface area contributed by atoms with Gasteiger partial charge in [0, 0.05) is 12.1 Å². The molecule has 9 heteroatoms. The van der Waals surface area contributed by atoms with Gasteiger partial charge in [-0.2, -0.15) is 0 Å². The highest BCUT2D eigenvalue weighted by Gasteiger charge is 2.37. The van der Waals surface area contributed by atoms with Gasteiger partial charge in [-0.3, -0.25) is 9.69 Å². The van der Waals surface area contributed by atoms with Crippen LogP contribution in [0.3, 0.4) is 0 Å². The fourth-order valence-corrected chi connectivity index (χ4v) is 5.98. The average Bonchev–Trinajstić information content (AvgIpc) is 3.03. The van der Waals surface area contributed by atoms with E-state index in [0.29, 0.717) is 23.7 Å². The molecule has 9 nitrogen and oxygen atoms in total. The third-order valence-electron chi connectivity index (χ3n) is 8.37. The lowest BCUT2D eigenvalue weighted by atomic mass is 9.86. The summed E-state index contributed by atoms with van der Waals surface area (Å²) in [6.45, 7) is 7.05. The number of carbonyl (C=O) groups excluding carboxylic acids is 2. The Balaban J connectivity index is 1.22. The molecule has 3 aromatic rings. The normalized spacial score (nSPS) is 20.4. The smallest absolute Gasteiger partial charge is 0.408 e. The van der Waals surface area contributed by atoms with Gasteiger partial charge >= 0.3 is 12.1 Å². The first-order chi connectivity index (χ1) is 21.2. The van der Waals surface area contributed by atoms with E-state index in [9.17, 15) is 19.5 Å². The molecule has 3 N–H and O–H groups in total. The molecule has 3 aliphatic heterocycles. The first-order valence-electron chi connectivity index (χ1n) is 15.3. The standard InChI is InChI=1S/C35H41N3O6/c1-23(2)19-30(34(40)41)36-33(39)27-13-11-24(12-14-27)22-43-29-10-6-9-28(20-29)32(26-7-4-3-5-8-26)37-35(42)44-31-21-38-17-15-25(31)16-18-38/h3-14,20,23,25,30-32H,15-19,21-22H2,1-2H3,(H,36,39)(H,37,42)(H,40,41)/t30?,31?,32-/m0/s1. The van der Waals surface area contributed by atoms with E-state index >= 15 is 0 Å². The monoisotopic (exact) mass is 599 g/mol. The molecule has 3 atom stereocenters. The predicted molar refractivity (Wildman–Crippen MR) is 166 cm³/mol. The van der Waals surface area contributed by atoms with E-state index in [1.165, 1.54) is 0 Å². The van der Waals surface area contributed by atoms with Crippen molar-refractivity contribution in [2.75, 3.05) is 19.6 Å². The number of carboxylic acid groups (broad SMARTS) is 1. The molecule has 232 valence electrons. The highest BCUT2D eigenvalue weighted by Crippen LogP contribution is 2.31. The van der Waals surface area contributed by atoms with Crippen LogP contribution in [-0.2, 0) is 16.1 Å². The molecular weight excluding hydrogens is 558 g/mol.